The standard InChI is InChI=1S/C19H21F3N2O2/c1-18(26,11-10-14-6-3-2-4-7-14)13-23-17(25)24-16-9-5-8-15(12-16)19(20,21)22/h2-9,12,26H,10-11,13H2,1H3,(H2,23,24,25). The van der Waals surface area contributed by atoms with Gasteiger partial charge in [-0.25, -0.2) is 4.79 Å². The highest BCUT2D eigenvalue weighted by Gasteiger charge is 2.30. The molecule has 140 valence electrons. The van der Waals surface area contributed by atoms with Gasteiger partial charge in [-0.1, -0.05) is 36.4 Å². The third-order valence-corrected chi connectivity index (χ3v) is 3.87. The Bertz CT molecular complexity index is 731. The van der Waals surface area contributed by atoms with Crippen molar-refractivity contribution in [1.82, 2.24) is 5.32 Å². The third-order valence-electron chi connectivity index (χ3n) is 3.87. The number of carbonyl (C=O) groups excluding carboxylic acids is 1. The largest absolute Gasteiger partial charge is 0.416 e. The van der Waals surface area contributed by atoms with Gasteiger partial charge in [0.2, 0.25) is 0 Å². The molecule has 7 heteroatoms. The highest BCUT2D eigenvalue weighted by Crippen LogP contribution is 2.30. The molecular formula is C19H21F3N2O2. The number of carbonyl (C=O) groups is 1. The minimum Gasteiger partial charge on any atom is -0.388 e. The Balaban J connectivity index is 1.84. The van der Waals surface area contributed by atoms with Crippen LogP contribution in [0.1, 0.15) is 24.5 Å². The van der Waals surface area contributed by atoms with Crippen molar-refractivity contribution < 1.29 is 23.1 Å². The number of amides is 2. The quantitative estimate of drug-likeness (QED) is 0.717. The second-order valence-corrected chi connectivity index (χ2v) is 6.37. The van der Waals surface area contributed by atoms with Crippen LogP contribution in [0.2, 0.25) is 0 Å². The van der Waals surface area contributed by atoms with E-state index in [9.17, 15) is 23.1 Å². The topological polar surface area (TPSA) is 61.4 Å². The number of alkyl halides is 3. The number of halogens is 3. The lowest BCUT2D eigenvalue weighted by atomic mass is 9.97. The maximum atomic E-state index is 12.7. The molecular weight excluding hydrogens is 345 g/mol. The van der Waals surface area contributed by atoms with Crippen LogP contribution in [0.5, 0.6) is 0 Å². The molecule has 0 aliphatic carbocycles. The van der Waals surface area contributed by atoms with Gasteiger partial charge in [0.05, 0.1) is 11.2 Å². The monoisotopic (exact) mass is 366 g/mol. The first kappa shape index (κ1) is 19.8. The van der Waals surface area contributed by atoms with Crippen LogP contribution in [0.3, 0.4) is 0 Å². The highest BCUT2D eigenvalue weighted by atomic mass is 19.4. The highest BCUT2D eigenvalue weighted by molar-refractivity contribution is 5.89. The van der Waals surface area contributed by atoms with E-state index >= 15 is 0 Å². The predicted octanol–water partition coefficient (Wildman–Crippen LogP) is 4.21. The maximum Gasteiger partial charge on any atom is 0.416 e. The molecule has 4 nitrogen and oxygen atoms in total. The molecule has 0 aliphatic rings. The van der Waals surface area contributed by atoms with Crippen molar-refractivity contribution in [3.8, 4) is 0 Å². The Morgan fingerprint density at radius 3 is 2.42 bits per heavy atom. The maximum absolute atomic E-state index is 12.7. The fourth-order valence-corrected chi connectivity index (χ4v) is 2.37. The second-order valence-electron chi connectivity index (χ2n) is 6.37. The molecule has 1 unspecified atom stereocenters. The number of aliphatic hydroxyl groups is 1. The van der Waals surface area contributed by atoms with Gasteiger partial charge in [0.25, 0.3) is 0 Å². The molecule has 0 spiro atoms. The predicted molar refractivity (Wildman–Crippen MR) is 93.9 cm³/mol. The summed E-state index contributed by atoms with van der Waals surface area (Å²) in [6.45, 7) is 1.57. The Labute approximate surface area is 150 Å². The molecule has 0 saturated heterocycles. The van der Waals surface area contributed by atoms with Crippen LogP contribution in [-0.4, -0.2) is 23.3 Å². The normalized spacial score (nSPS) is 13.7. The van der Waals surface area contributed by atoms with Gasteiger partial charge < -0.3 is 15.7 Å². The van der Waals surface area contributed by atoms with E-state index in [1.54, 1.807) is 6.92 Å². The SMILES string of the molecule is CC(O)(CCc1ccccc1)CNC(=O)Nc1cccc(C(F)(F)F)c1. The average molecular weight is 366 g/mol. The van der Waals surface area contributed by atoms with E-state index in [-0.39, 0.29) is 12.2 Å². The van der Waals surface area contributed by atoms with Crippen LogP contribution in [0.15, 0.2) is 54.6 Å². The number of benzene rings is 2. The summed E-state index contributed by atoms with van der Waals surface area (Å²) in [5.41, 5.74) is -0.881. The molecule has 0 aliphatic heterocycles. The van der Waals surface area contributed by atoms with E-state index in [1.807, 2.05) is 30.3 Å². The molecule has 2 aromatic carbocycles. The van der Waals surface area contributed by atoms with Crippen molar-refractivity contribution in [3.05, 3.63) is 65.7 Å². The second kappa shape index (κ2) is 8.23. The molecule has 26 heavy (non-hydrogen) atoms. The number of anilines is 1. The first-order valence-electron chi connectivity index (χ1n) is 8.14. The van der Waals surface area contributed by atoms with Crippen LogP contribution < -0.4 is 10.6 Å². The van der Waals surface area contributed by atoms with Crippen molar-refractivity contribution in [2.75, 3.05) is 11.9 Å². The van der Waals surface area contributed by atoms with Crippen molar-refractivity contribution in [2.45, 2.75) is 31.5 Å². The summed E-state index contributed by atoms with van der Waals surface area (Å²) in [5, 5.41) is 15.2. The number of hydrogen-bond acceptors (Lipinski definition) is 2. The van der Waals surface area contributed by atoms with Gasteiger partial charge in [0.15, 0.2) is 0 Å². The van der Waals surface area contributed by atoms with E-state index in [2.05, 4.69) is 10.6 Å². The molecule has 2 aromatic rings. The van der Waals surface area contributed by atoms with Crippen LogP contribution in [0.25, 0.3) is 0 Å². The van der Waals surface area contributed by atoms with Gasteiger partial charge in [-0.3, -0.25) is 0 Å². The zero-order chi connectivity index (χ0) is 19.2. The molecule has 0 fully saturated rings. The lowest BCUT2D eigenvalue weighted by molar-refractivity contribution is -0.137. The van der Waals surface area contributed by atoms with E-state index in [0.717, 1.165) is 17.7 Å². The molecule has 2 rings (SSSR count). The summed E-state index contributed by atoms with van der Waals surface area (Å²) in [4.78, 5) is 11.9. The van der Waals surface area contributed by atoms with Gasteiger partial charge in [-0.05, 0) is 43.5 Å². The van der Waals surface area contributed by atoms with Crippen LogP contribution in [0, 0.1) is 0 Å². The minimum absolute atomic E-state index is 0.0232. The first-order valence-corrected chi connectivity index (χ1v) is 8.14. The number of nitrogens with one attached hydrogen (secondary N) is 2. The number of hydrogen-bond donors (Lipinski definition) is 3. The summed E-state index contributed by atoms with van der Waals surface area (Å²) in [6.07, 6.45) is -3.40. The molecule has 1 atom stereocenters. The lowest BCUT2D eigenvalue weighted by Crippen LogP contribution is -2.42. The number of aryl methyl sites for hydroxylation is 1. The number of urea groups is 1. The van der Waals surface area contributed by atoms with Crippen LogP contribution in [-0.2, 0) is 12.6 Å². The first-order chi connectivity index (χ1) is 12.2. The Morgan fingerprint density at radius 2 is 1.77 bits per heavy atom. The lowest BCUT2D eigenvalue weighted by Gasteiger charge is -2.24. The Hall–Kier alpha value is -2.54. The summed E-state index contributed by atoms with van der Waals surface area (Å²) in [6, 6.07) is 13.3. The van der Waals surface area contributed by atoms with Gasteiger partial charge in [-0.15, -0.1) is 0 Å². The third kappa shape index (κ3) is 6.40. The molecule has 0 heterocycles. The molecule has 2 amide bonds. The van der Waals surface area contributed by atoms with E-state index in [4.69, 9.17) is 0 Å². The van der Waals surface area contributed by atoms with Gasteiger partial charge in [0.1, 0.15) is 0 Å². The molecule has 0 aromatic heterocycles. The summed E-state index contributed by atoms with van der Waals surface area (Å²) >= 11 is 0. The minimum atomic E-state index is -4.48. The van der Waals surface area contributed by atoms with Crippen LogP contribution in [0.4, 0.5) is 23.7 Å². The summed E-state index contributed by atoms with van der Waals surface area (Å²) < 4.78 is 38.0. The van der Waals surface area contributed by atoms with Crippen molar-refractivity contribution in [1.29, 1.82) is 0 Å². The number of rotatable bonds is 6. The van der Waals surface area contributed by atoms with Crippen molar-refractivity contribution in [3.63, 3.8) is 0 Å². The fourth-order valence-electron chi connectivity index (χ4n) is 2.37. The van der Waals surface area contributed by atoms with Crippen LogP contribution >= 0.6 is 0 Å². The zero-order valence-electron chi connectivity index (χ0n) is 14.3. The smallest absolute Gasteiger partial charge is 0.388 e. The van der Waals surface area contributed by atoms with Crippen molar-refractivity contribution in [2.24, 2.45) is 0 Å². The fraction of sp³-hybridized carbons (Fsp3) is 0.316. The van der Waals surface area contributed by atoms with Crippen molar-refractivity contribution >= 4 is 11.7 Å². The van der Waals surface area contributed by atoms with Gasteiger partial charge in [0, 0.05) is 12.2 Å². The van der Waals surface area contributed by atoms with E-state index in [1.165, 1.54) is 12.1 Å². The Kier molecular flexibility index (Phi) is 6.26. The molecule has 0 saturated carbocycles. The van der Waals surface area contributed by atoms with E-state index in [0.29, 0.717) is 12.8 Å². The average Bonchev–Trinajstić information content (AvgIpc) is 2.59. The Morgan fingerprint density at radius 1 is 1.08 bits per heavy atom. The molecule has 0 radical (unpaired) electrons. The van der Waals surface area contributed by atoms with E-state index < -0.39 is 23.4 Å². The summed E-state index contributed by atoms with van der Waals surface area (Å²) in [7, 11) is 0. The zero-order valence-corrected chi connectivity index (χ0v) is 14.3. The van der Waals surface area contributed by atoms with Gasteiger partial charge >= 0.3 is 12.2 Å². The summed E-state index contributed by atoms with van der Waals surface area (Å²) in [5.74, 6) is 0. The molecule has 0 bridgehead atoms. The van der Waals surface area contributed by atoms with Gasteiger partial charge in [-0.2, -0.15) is 13.2 Å². The molecule has 3 N–H and O–H groups in total.